The van der Waals surface area contributed by atoms with Gasteiger partial charge in [-0.25, -0.2) is 0 Å². The van der Waals surface area contributed by atoms with Crippen LogP contribution in [-0.4, -0.2) is 37.4 Å². The molecule has 178 valence electrons. The first kappa shape index (κ1) is 22.6. The summed E-state index contributed by atoms with van der Waals surface area (Å²) in [6.07, 6.45) is 9.39. The predicted molar refractivity (Wildman–Crippen MR) is 134 cm³/mol. The average molecular weight is 469 g/mol. The summed E-state index contributed by atoms with van der Waals surface area (Å²) >= 11 is 0. The summed E-state index contributed by atoms with van der Waals surface area (Å²) in [7, 11) is 0. The fraction of sp³-hybridized carbons (Fsp3) is 0.259. The largest absolute Gasteiger partial charge is 0.352 e. The molecule has 0 bridgehead atoms. The zero-order valence-electron chi connectivity index (χ0n) is 19.4. The third-order valence-electron chi connectivity index (χ3n) is 6.16. The summed E-state index contributed by atoms with van der Waals surface area (Å²) in [5, 5.41) is 14.9. The van der Waals surface area contributed by atoms with Crippen molar-refractivity contribution in [2.24, 2.45) is 0 Å². The van der Waals surface area contributed by atoms with Crippen molar-refractivity contribution in [1.29, 1.82) is 0 Å². The average Bonchev–Trinajstić information content (AvgIpc) is 3.62. The van der Waals surface area contributed by atoms with E-state index in [1.54, 1.807) is 23.3 Å². The molecule has 5 rings (SSSR count). The second-order valence-corrected chi connectivity index (χ2v) is 8.87. The lowest BCUT2D eigenvalue weighted by Crippen LogP contribution is -2.35. The van der Waals surface area contributed by atoms with Crippen molar-refractivity contribution >= 4 is 17.5 Å². The number of hydrogen-bond acceptors (Lipinski definition) is 4. The van der Waals surface area contributed by atoms with Crippen molar-refractivity contribution in [3.05, 3.63) is 90.4 Å². The van der Waals surface area contributed by atoms with E-state index in [2.05, 4.69) is 15.7 Å². The molecular formula is C27H28N6O2. The topological polar surface area (TPSA) is 93.8 Å². The summed E-state index contributed by atoms with van der Waals surface area (Å²) in [6, 6.07) is 19.9. The van der Waals surface area contributed by atoms with Gasteiger partial charge in [-0.2, -0.15) is 10.2 Å². The van der Waals surface area contributed by atoms with Crippen LogP contribution >= 0.6 is 0 Å². The molecular weight excluding hydrogens is 440 g/mol. The van der Waals surface area contributed by atoms with E-state index in [9.17, 15) is 9.59 Å². The monoisotopic (exact) mass is 468 g/mol. The van der Waals surface area contributed by atoms with Crippen LogP contribution in [0.5, 0.6) is 0 Å². The Hall–Kier alpha value is -4.20. The number of hydrogen-bond donors (Lipinski definition) is 2. The normalized spacial score (nSPS) is 13.6. The minimum atomic E-state index is -0.280. The lowest BCUT2D eigenvalue weighted by molar-refractivity contribution is -0.122. The van der Waals surface area contributed by atoms with Gasteiger partial charge in [-0.05, 0) is 18.4 Å². The van der Waals surface area contributed by atoms with Gasteiger partial charge in [0, 0.05) is 24.0 Å². The summed E-state index contributed by atoms with van der Waals surface area (Å²) in [4.78, 5) is 25.6. The van der Waals surface area contributed by atoms with Crippen molar-refractivity contribution in [1.82, 2.24) is 24.9 Å². The molecule has 2 heterocycles. The molecule has 8 heteroatoms. The Morgan fingerprint density at radius 1 is 0.914 bits per heavy atom. The Morgan fingerprint density at radius 3 is 2.37 bits per heavy atom. The lowest BCUT2D eigenvalue weighted by Gasteiger charge is -2.11. The second kappa shape index (κ2) is 10.4. The smallest absolute Gasteiger partial charge is 0.259 e. The van der Waals surface area contributed by atoms with Crippen LogP contribution in [0.4, 0.5) is 5.69 Å². The summed E-state index contributed by atoms with van der Waals surface area (Å²) in [5.74, 6) is -0.343. The maximum atomic E-state index is 13.3. The van der Waals surface area contributed by atoms with Gasteiger partial charge >= 0.3 is 0 Å². The molecule has 0 unspecified atom stereocenters. The van der Waals surface area contributed by atoms with E-state index in [1.807, 2.05) is 60.7 Å². The van der Waals surface area contributed by atoms with E-state index in [-0.39, 0.29) is 24.4 Å². The fourth-order valence-electron chi connectivity index (χ4n) is 4.45. The van der Waals surface area contributed by atoms with E-state index in [1.165, 1.54) is 4.68 Å². The Bertz CT molecular complexity index is 1290. The highest BCUT2D eigenvalue weighted by Gasteiger charge is 2.20. The molecule has 1 aliphatic carbocycles. The Kier molecular flexibility index (Phi) is 6.70. The summed E-state index contributed by atoms with van der Waals surface area (Å²) in [5.41, 5.74) is 3.57. The van der Waals surface area contributed by atoms with Gasteiger partial charge in [0.25, 0.3) is 5.91 Å². The number of rotatable bonds is 8. The van der Waals surface area contributed by atoms with E-state index >= 15 is 0 Å². The van der Waals surface area contributed by atoms with Gasteiger partial charge in [0.1, 0.15) is 12.2 Å². The maximum absolute atomic E-state index is 13.3. The van der Waals surface area contributed by atoms with Crippen molar-refractivity contribution in [3.63, 3.8) is 0 Å². The van der Waals surface area contributed by atoms with Crippen molar-refractivity contribution in [2.75, 3.05) is 5.32 Å². The van der Waals surface area contributed by atoms with Crippen LogP contribution in [0.1, 0.15) is 41.6 Å². The van der Waals surface area contributed by atoms with Crippen molar-refractivity contribution in [2.45, 2.75) is 44.8 Å². The van der Waals surface area contributed by atoms with Crippen molar-refractivity contribution < 1.29 is 9.59 Å². The van der Waals surface area contributed by atoms with Gasteiger partial charge in [-0.15, -0.1) is 0 Å². The van der Waals surface area contributed by atoms with E-state index in [0.29, 0.717) is 23.5 Å². The molecule has 0 spiro atoms. The first-order valence-electron chi connectivity index (χ1n) is 11.9. The molecule has 2 N–H and O–H groups in total. The lowest BCUT2D eigenvalue weighted by atomic mass is 10.1. The maximum Gasteiger partial charge on any atom is 0.259 e. The molecule has 1 aliphatic rings. The van der Waals surface area contributed by atoms with Crippen LogP contribution in [0.2, 0.25) is 0 Å². The van der Waals surface area contributed by atoms with Crippen LogP contribution in [0.3, 0.4) is 0 Å². The molecule has 1 fully saturated rings. The van der Waals surface area contributed by atoms with Crippen LogP contribution in [0.25, 0.3) is 11.3 Å². The molecule has 4 aromatic rings. The fourth-order valence-corrected chi connectivity index (χ4v) is 4.45. The molecule has 2 aromatic carbocycles. The molecule has 1 saturated carbocycles. The predicted octanol–water partition coefficient (Wildman–Crippen LogP) is 4.11. The highest BCUT2D eigenvalue weighted by atomic mass is 16.2. The number of nitrogens with one attached hydrogen (secondary N) is 2. The standard InChI is InChI=1S/C27H28N6O2/c34-25(29-22-13-7-8-14-22)19-32-17-23(15-28-32)30-27(35)24-18-33(16-20-9-3-1-4-10-20)31-26(24)21-11-5-2-6-12-21/h1-6,9-12,15,17-18,22H,7-8,13-14,16,19H2,(H,29,34)(H,30,35). The third-order valence-corrected chi connectivity index (χ3v) is 6.16. The van der Waals surface area contributed by atoms with E-state index in [4.69, 9.17) is 5.10 Å². The van der Waals surface area contributed by atoms with Gasteiger partial charge in [0.15, 0.2) is 0 Å². The molecule has 0 aliphatic heterocycles. The van der Waals surface area contributed by atoms with Gasteiger partial charge in [-0.3, -0.25) is 19.0 Å². The first-order chi connectivity index (χ1) is 17.1. The summed E-state index contributed by atoms with van der Waals surface area (Å²) in [6.45, 7) is 0.679. The molecule has 2 aromatic heterocycles. The molecule has 0 atom stereocenters. The van der Waals surface area contributed by atoms with Gasteiger partial charge in [0.2, 0.25) is 5.91 Å². The van der Waals surface area contributed by atoms with Crippen LogP contribution < -0.4 is 10.6 Å². The Balaban J connectivity index is 1.31. The number of benzene rings is 2. The highest BCUT2D eigenvalue weighted by Crippen LogP contribution is 2.23. The van der Waals surface area contributed by atoms with Crippen LogP contribution in [0.15, 0.2) is 79.3 Å². The van der Waals surface area contributed by atoms with E-state index in [0.717, 1.165) is 36.8 Å². The minimum absolute atomic E-state index is 0.0635. The van der Waals surface area contributed by atoms with Gasteiger partial charge in [0.05, 0.1) is 24.0 Å². The number of carbonyl (C=O) groups excluding carboxylic acids is 2. The molecule has 8 nitrogen and oxygen atoms in total. The minimum Gasteiger partial charge on any atom is -0.352 e. The first-order valence-corrected chi connectivity index (χ1v) is 11.9. The molecule has 35 heavy (non-hydrogen) atoms. The Morgan fingerprint density at radius 2 is 1.63 bits per heavy atom. The highest BCUT2D eigenvalue weighted by molar-refractivity contribution is 6.07. The SMILES string of the molecule is O=C(Cn1cc(NC(=O)c2cn(Cc3ccccc3)nc2-c2ccccc2)cn1)NC1CCCC1. The second-order valence-electron chi connectivity index (χ2n) is 8.87. The number of anilines is 1. The zero-order valence-corrected chi connectivity index (χ0v) is 19.4. The van der Waals surface area contributed by atoms with Crippen LogP contribution in [0, 0.1) is 0 Å². The number of amides is 2. The van der Waals surface area contributed by atoms with Crippen molar-refractivity contribution in [3.8, 4) is 11.3 Å². The van der Waals surface area contributed by atoms with Crippen LogP contribution in [-0.2, 0) is 17.9 Å². The van der Waals surface area contributed by atoms with Gasteiger partial charge in [-0.1, -0.05) is 73.5 Å². The number of carbonyl (C=O) groups is 2. The number of nitrogens with zero attached hydrogens (tertiary/aromatic N) is 4. The number of aromatic nitrogens is 4. The quantitative estimate of drug-likeness (QED) is 0.407. The van der Waals surface area contributed by atoms with E-state index < -0.39 is 0 Å². The molecule has 2 amide bonds. The van der Waals surface area contributed by atoms with Gasteiger partial charge < -0.3 is 10.6 Å². The Labute approximate surface area is 204 Å². The third kappa shape index (κ3) is 5.66. The zero-order chi connectivity index (χ0) is 24.0. The molecule has 0 saturated heterocycles. The summed E-state index contributed by atoms with van der Waals surface area (Å²) < 4.78 is 3.32. The molecule has 0 radical (unpaired) electrons.